The largest absolute Gasteiger partial charge is 0.329 e. The van der Waals surface area contributed by atoms with Crippen molar-refractivity contribution < 1.29 is 9.18 Å². The van der Waals surface area contributed by atoms with Gasteiger partial charge in [0.2, 0.25) is 5.56 Å². The van der Waals surface area contributed by atoms with E-state index in [1.165, 1.54) is 12.1 Å². The van der Waals surface area contributed by atoms with Crippen LogP contribution < -0.4 is 10.9 Å². The molecule has 0 aliphatic carbocycles. The van der Waals surface area contributed by atoms with E-state index in [2.05, 4.69) is 26.2 Å². The van der Waals surface area contributed by atoms with Gasteiger partial charge in [-0.25, -0.2) is 9.18 Å². The van der Waals surface area contributed by atoms with Crippen LogP contribution in [0.2, 0.25) is 5.02 Å². The number of H-pyrrole nitrogens is 1. The molecule has 1 aliphatic heterocycles. The number of anilines is 1. The maximum atomic E-state index is 13.9. The number of nitrogens with one attached hydrogen (secondary N) is 2. The van der Waals surface area contributed by atoms with Gasteiger partial charge < -0.3 is 15.2 Å². The van der Waals surface area contributed by atoms with E-state index < -0.39 is 11.8 Å². The first-order valence-electron chi connectivity index (χ1n) is 6.85. The normalized spacial score (nSPS) is 13.6. The number of nitrogens with zero attached hydrogens (tertiary/aromatic N) is 1. The summed E-state index contributed by atoms with van der Waals surface area (Å²) in [5, 5.41) is 2.83. The third kappa shape index (κ3) is 3.40. The molecule has 0 fully saturated rings. The first kappa shape index (κ1) is 16.0. The molecule has 0 unspecified atom stereocenters. The summed E-state index contributed by atoms with van der Waals surface area (Å²) < 4.78 is 14.3. The van der Waals surface area contributed by atoms with E-state index in [1.54, 1.807) is 17.2 Å². The molecule has 0 saturated heterocycles. The van der Waals surface area contributed by atoms with Crippen LogP contribution in [0.4, 0.5) is 14.9 Å². The molecule has 120 valence electrons. The van der Waals surface area contributed by atoms with Crippen molar-refractivity contribution in [2.75, 3.05) is 11.9 Å². The van der Waals surface area contributed by atoms with Crippen molar-refractivity contribution in [3.63, 3.8) is 0 Å². The summed E-state index contributed by atoms with van der Waals surface area (Å²) in [6.45, 7) is 0.804. The first-order valence-corrected chi connectivity index (χ1v) is 8.02. The molecule has 1 aliphatic rings. The molecule has 8 heteroatoms. The van der Waals surface area contributed by atoms with Crippen LogP contribution in [0.3, 0.4) is 0 Å². The summed E-state index contributed by atoms with van der Waals surface area (Å²) in [4.78, 5) is 27.7. The standard InChI is InChI=1S/C15H12BrClFN3O2/c16-10-4-12(18)13(5-11(10)17)20-15(23)21-2-1-8-3-14(22)19-6-9(8)7-21/h3-6H,1-2,7H2,(H,19,22)(H,20,23). The van der Waals surface area contributed by atoms with Gasteiger partial charge in [-0.2, -0.15) is 0 Å². The van der Waals surface area contributed by atoms with Gasteiger partial charge in [0.15, 0.2) is 0 Å². The fraction of sp³-hybridized carbons (Fsp3) is 0.200. The zero-order chi connectivity index (χ0) is 16.6. The number of carbonyl (C=O) groups excluding carboxylic acids is 1. The molecule has 2 aromatic rings. The van der Waals surface area contributed by atoms with Crippen molar-refractivity contribution in [2.45, 2.75) is 13.0 Å². The van der Waals surface area contributed by atoms with Gasteiger partial charge in [0.1, 0.15) is 5.82 Å². The summed E-state index contributed by atoms with van der Waals surface area (Å²) >= 11 is 9.05. The Bertz CT molecular complexity index is 840. The molecule has 0 spiro atoms. The van der Waals surface area contributed by atoms with Gasteiger partial charge in [0.25, 0.3) is 0 Å². The van der Waals surface area contributed by atoms with E-state index in [0.29, 0.717) is 29.0 Å². The van der Waals surface area contributed by atoms with Crippen LogP contribution in [-0.2, 0) is 13.0 Å². The molecular weight excluding hydrogens is 389 g/mol. The Morgan fingerprint density at radius 1 is 1.35 bits per heavy atom. The van der Waals surface area contributed by atoms with Crippen molar-refractivity contribution in [2.24, 2.45) is 0 Å². The Morgan fingerprint density at radius 2 is 2.13 bits per heavy atom. The van der Waals surface area contributed by atoms with Crippen LogP contribution in [0, 0.1) is 5.82 Å². The topological polar surface area (TPSA) is 65.2 Å². The molecule has 2 N–H and O–H groups in total. The third-order valence-electron chi connectivity index (χ3n) is 3.66. The fourth-order valence-electron chi connectivity index (χ4n) is 2.45. The summed E-state index contributed by atoms with van der Waals surface area (Å²) in [6.07, 6.45) is 2.18. The van der Waals surface area contributed by atoms with Crippen LogP contribution in [0.1, 0.15) is 11.1 Å². The number of amides is 2. The molecule has 2 amide bonds. The SMILES string of the molecule is O=C(Nc1cc(Cl)c(Br)cc1F)N1CCc2cc(=O)[nH]cc2C1. The van der Waals surface area contributed by atoms with Crippen LogP contribution in [0.25, 0.3) is 0 Å². The van der Waals surface area contributed by atoms with Crippen molar-refractivity contribution in [3.05, 3.63) is 61.2 Å². The van der Waals surface area contributed by atoms with E-state index in [-0.39, 0.29) is 11.2 Å². The smallest absolute Gasteiger partial charge is 0.322 e. The zero-order valence-electron chi connectivity index (χ0n) is 11.8. The van der Waals surface area contributed by atoms with Gasteiger partial charge in [0.05, 0.1) is 10.7 Å². The molecule has 0 radical (unpaired) electrons. The van der Waals surface area contributed by atoms with Crippen LogP contribution >= 0.6 is 27.5 Å². The fourth-order valence-corrected chi connectivity index (χ4v) is 2.93. The average Bonchev–Trinajstić information content (AvgIpc) is 2.52. The molecule has 1 aromatic carbocycles. The number of aromatic amines is 1. The number of halogens is 3. The van der Waals surface area contributed by atoms with Gasteiger partial charge in [-0.05, 0) is 45.6 Å². The summed E-state index contributed by atoms with van der Waals surface area (Å²) in [6, 6.07) is 3.68. The van der Waals surface area contributed by atoms with Crippen molar-refractivity contribution in [3.8, 4) is 0 Å². The third-order valence-corrected chi connectivity index (χ3v) is 4.85. The lowest BCUT2D eigenvalue weighted by Crippen LogP contribution is -2.39. The predicted octanol–water partition coefficient (Wildman–Crippen LogP) is 3.52. The van der Waals surface area contributed by atoms with Crippen molar-refractivity contribution in [1.82, 2.24) is 9.88 Å². The minimum Gasteiger partial charge on any atom is -0.329 e. The lowest BCUT2D eigenvalue weighted by atomic mass is 10.0. The number of hydrogen-bond acceptors (Lipinski definition) is 2. The minimum absolute atomic E-state index is 0.0236. The summed E-state index contributed by atoms with van der Waals surface area (Å²) in [5.41, 5.74) is 1.67. The zero-order valence-corrected chi connectivity index (χ0v) is 14.2. The number of fused-ring (bicyclic) bond motifs is 1. The van der Waals surface area contributed by atoms with Gasteiger partial charge in [-0.1, -0.05) is 11.6 Å². The average molecular weight is 401 g/mol. The van der Waals surface area contributed by atoms with Gasteiger partial charge in [-0.15, -0.1) is 0 Å². The Balaban J connectivity index is 1.76. The Hall–Kier alpha value is -1.86. The Labute approximate surface area is 144 Å². The second-order valence-corrected chi connectivity index (χ2v) is 6.46. The summed E-state index contributed by atoms with van der Waals surface area (Å²) in [5.74, 6) is -0.573. The molecule has 0 atom stereocenters. The minimum atomic E-state index is -0.573. The van der Waals surface area contributed by atoms with E-state index in [4.69, 9.17) is 11.6 Å². The van der Waals surface area contributed by atoms with E-state index >= 15 is 0 Å². The highest BCUT2D eigenvalue weighted by atomic mass is 79.9. The van der Waals surface area contributed by atoms with Crippen molar-refractivity contribution in [1.29, 1.82) is 0 Å². The lowest BCUT2D eigenvalue weighted by molar-refractivity contribution is 0.206. The molecule has 3 rings (SSSR count). The quantitative estimate of drug-likeness (QED) is 0.719. The highest BCUT2D eigenvalue weighted by molar-refractivity contribution is 9.10. The van der Waals surface area contributed by atoms with E-state index in [0.717, 1.165) is 11.1 Å². The second-order valence-electron chi connectivity index (χ2n) is 5.20. The molecule has 23 heavy (non-hydrogen) atoms. The summed E-state index contributed by atoms with van der Waals surface area (Å²) in [7, 11) is 0. The second kappa shape index (κ2) is 6.33. The molecule has 2 heterocycles. The van der Waals surface area contributed by atoms with Crippen molar-refractivity contribution >= 4 is 39.2 Å². The van der Waals surface area contributed by atoms with Gasteiger partial charge in [0, 0.05) is 29.8 Å². The predicted molar refractivity (Wildman–Crippen MR) is 89.3 cm³/mol. The number of benzene rings is 1. The molecule has 0 saturated carbocycles. The molecule has 1 aromatic heterocycles. The molecular formula is C15H12BrClFN3O2. The number of rotatable bonds is 1. The number of hydrogen-bond donors (Lipinski definition) is 2. The first-order chi connectivity index (χ1) is 10.9. The number of urea groups is 1. The monoisotopic (exact) mass is 399 g/mol. The molecule has 5 nitrogen and oxygen atoms in total. The number of pyridine rings is 1. The van der Waals surface area contributed by atoms with Crippen LogP contribution in [0.5, 0.6) is 0 Å². The van der Waals surface area contributed by atoms with Gasteiger partial charge >= 0.3 is 6.03 Å². The lowest BCUT2D eigenvalue weighted by Gasteiger charge is -2.28. The van der Waals surface area contributed by atoms with Gasteiger partial charge in [-0.3, -0.25) is 4.79 Å². The maximum Gasteiger partial charge on any atom is 0.322 e. The number of carbonyl (C=O) groups is 1. The van der Waals surface area contributed by atoms with E-state index in [9.17, 15) is 14.0 Å². The Morgan fingerprint density at radius 3 is 2.91 bits per heavy atom. The maximum absolute atomic E-state index is 13.9. The van der Waals surface area contributed by atoms with Crippen LogP contribution in [-0.4, -0.2) is 22.5 Å². The highest BCUT2D eigenvalue weighted by Gasteiger charge is 2.22. The Kier molecular flexibility index (Phi) is 4.41. The van der Waals surface area contributed by atoms with Crippen LogP contribution in [0.15, 0.2) is 33.7 Å². The highest BCUT2D eigenvalue weighted by Crippen LogP contribution is 2.29. The number of aromatic nitrogens is 1. The van der Waals surface area contributed by atoms with E-state index in [1.807, 2.05) is 0 Å². The molecule has 0 bridgehead atoms.